The van der Waals surface area contributed by atoms with Crippen molar-refractivity contribution in [3.63, 3.8) is 0 Å². The monoisotopic (exact) mass is 345 g/mol. The molecule has 0 radical (unpaired) electrons. The van der Waals surface area contributed by atoms with Crippen LogP contribution in [0.3, 0.4) is 0 Å². The van der Waals surface area contributed by atoms with Crippen molar-refractivity contribution in [1.82, 2.24) is 0 Å². The van der Waals surface area contributed by atoms with E-state index in [9.17, 15) is 0 Å². The van der Waals surface area contributed by atoms with Crippen molar-refractivity contribution in [3.05, 3.63) is 35.4 Å². The number of benzene rings is 1. The summed E-state index contributed by atoms with van der Waals surface area (Å²) < 4.78 is 0.0833. The van der Waals surface area contributed by atoms with Gasteiger partial charge in [0.15, 0.2) is 0 Å². The van der Waals surface area contributed by atoms with Crippen LogP contribution in [0.5, 0.6) is 0 Å². The van der Waals surface area contributed by atoms with E-state index < -0.39 is 0 Å². The van der Waals surface area contributed by atoms with E-state index in [1.807, 2.05) is 6.07 Å². The summed E-state index contributed by atoms with van der Waals surface area (Å²) >= 11 is 8.26. The zero-order chi connectivity index (χ0) is 13.8. The average Bonchev–Trinajstić information content (AvgIpc) is 2.34. The summed E-state index contributed by atoms with van der Waals surface area (Å²) in [5, 5.41) is 0. The Bertz CT molecular complexity index is 312. The number of rotatable bonds is 6. The second-order valence-corrected chi connectivity index (χ2v) is 5.34. The van der Waals surface area contributed by atoms with E-state index in [0.29, 0.717) is 0 Å². The molecule has 0 bridgehead atoms. The Morgan fingerprint density at radius 1 is 1.26 bits per heavy atom. The Morgan fingerprint density at radius 3 is 2.32 bits per heavy atom. The minimum absolute atomic E-state index is 0. The van der Waals surface area contributed by atoms with Gasteiger partial charge in [0.25, 0.3) is 0 Å². The van der Waals surface area contributed by atoms with E-state index in [4.69, 9.17) is 0 Å². The van der Waals surface area contributed by atoms with Gasteiger partial charge in [0.1, 0.15) is 0 Å². The Labute approximate surface area is 141 Å². The Kier molecular flexibility index (Phi) is 16.1. The van der Waals surface area contributed by atoms with Crippen LogP contribution in [0.25, 0.3) is 0 Å². The number of unbranched alkanes of at least 4 members (excludes halogenated alkanes) is 2. The Morgan fingerprint density at radius 2 is 1.79 bits per heavy atom. The molecular formula is C15H23NS2Zn. The van der Waals surface area contributed by atoms with Crippen LogP contribution in [-0.2, 0) is 44.9 Å². The van der Waals surface area contributed by atoms with Gasteiger partial charge in [-0.25, -0.2) is 0 Å². The third-order valence-electron chi connectivity index (χ3n) is 2.62. The van der Waals surface area contributed by atoms with E-state index in [2.05, 4.69) is 62.6 Å². The first-order chi connectivity index (χ1) is 8.61. The zero-order valence-electron chi connectivity index (χ0n) is 12.1. The SMILES string of the molecule is CCCCc1[c-]cccc1CCCC.NC(=S)[S-].[Zn+2]. The fraction of sp³-hybridized carbons (Fsp3) is 0.533. The summed E-state index contributed by atoms with van der Waals surface area (Å²) in [6.45, 7) is 4.49. The van der Waals surface area contributed by atoms with Crippen LogP contribution in [0.1, 0.15) is 50.7 Å². The van der Waals surface area contributed by atoms with Crippen molar-refractivity contribution >= 4 is 29.2 Å². The van der Waals surface area contributed by atoms with E-state index in [1.165, 1.54) is 49.7 Å². The van der Waals surface area contributed by atoms with E-state index in [-0.39, 0.29) is 23.8 Å². The molecule has 0 aromatic heterocycles. The van der Waals surface area contributed by atoms with Gasteiger partial charge >= 0.3 is 19.5 Å². The molecule has 4 heteroatoms. The molecule has 102 valence electrons. The molecule has 0 aliphatic heterocycles. The van der Waals surface area contributed by atoms with Crippen molar-refractivity contribution in [2.75, 3.05) is 0 Å². The summed E-state index contributed by atoms with van der Waals surface area (Å²) in [7, 11) is 0. The molecule has 0 spiro atoms. The number of thiocarbonyl (C=S) groups is 1. The normalized spacial score (nSPS) is 8.95. The van der Waals surface area contributed by atoms with Crippen molar-refractivity contribution < 1.29 is 19.5 Å². The standard InChI is InChI=1S/C14H21.CH3NS2.Zn/c1-3-5-9-13-11-7-8-12-14(13)10-6-4-2;2-1(3)4;/h7-8,11H,3-6,9-10H2,1-2H3;(H3,2,3,4);/q-1;;+2/p-1. The molecule has 1 rings (SSSR count). The van der Waals surface area contributed by atoms with Crippen LogP contribution in [-0.4, -0.2) is 4.32 Å². The van der Waals surface area contributed by atoms with Gasteiger partial charge < -0.3 is 30.6 Å². The molecular weight excluding hydrogens is 324 g/mol. The fourth-order valence-corrected chi connectivity index (χ4v) is 1.69. The molecule has 1 aromatic carbocycles. The molecule has 0 amide bonds. The molecule has 0 atom stereocenters. The predicted molar refractivity (Wildman–Crippen MR) is 86.7 cm³/mol. The maximum absolute atomic E-state index is 4.66. The molecule has 2 N–H and O–H groups in total. The molecule has 1 aromatic rings. The van der Waals surface area contributed by atoms with Gasteiger partial charge in [0, 0.05) is 0 Å². The van der Waals surface area contributed by atoms with Gasteiger partial charge in [-0.1, -0.05) is 56.7 Å². The second kappa shape index (κ2) is 14.4. The molecule has 0 aliphatic carbocycles. The predicted octanol–water partition coefficient (Wildman–Crippen LogP) is 3.95. The van der Waals surface area contributed by atoms with Crippen LogP contribution in [0.15, 0.2) is 18.2 Å². The number of hydrogen-bond donors (Lipinski definition) is 1. The topological polar surface area (TPSA) is 26.0 Å². The first-order valence-corrected chi connectivity index (χ1v) is 7.38. The van der Waals surface area contributed by atoms with Crippen LogP contribution in [0, 0.1) is 6.07 Å². The van der Waals surface area contributed by atoms with Crippen molar-refractivity contribution in [2.45, 2.75) is 52.4 Å². The van der Waals surface area contributed by atoms with Gasteiger partial charge in [-0.2, -0.15) is 35.4 Å². The largest absolute Gasteiger partial charge is 2.00 e. The molecule has 0 aliphatic rings. The number of hydrogen-bond acceptors (Lipinski definition) is 2. The maximum atomic E-state index is 4.66. The van der Waals surface area contributed by atoms with Crippen LogP contribution in [0.4, 0.5) is 0 Å². The third kappa shape index (κ3) is 12.7. The van der Waals surface area contributed by atoms with Crippen molar-refractivity contribution in [2.24, 2.45) is 5.73 Å². The molecule has 0 saturated carbocycles. The minimum atomic E-state index is 0. The van der Waals surface area contributed by atoms with E-state index in [0.717, 1.165) is 0 Å². The summed E-state index contributed by atoms with van der Waals surface area (Å²) in [5.74, 6) is 0. The first-order valence-electron chi connectivity index (χ1n) is 6.56. The fourth-order valence-electron chi connectivity index (χ4n) is 1.69. The molecule has 19 heavy (non-hydrogen) atoms. The van der Waals surface area contributed by atoms with Crippen molar-refractivity contribution in [1.29, 1.82) is 0 Å². The van der Waals surface area contributed by atoms with Gasteiger partial charge in [-0.3, -0.25) is 0 Å². The first kappa shape index (κ1) is 21.3. The van der Waals surface area contributed by atoms with Crippen LogP contribution < -0.4 is 5.73 Å². The Hall–Kier alpha value is -0.0466. The summed E-state index contributed by atoms with van der Waals surface area (Å²) in [6.07, 6.45) is 7.58. The van der Waals surface area contributed by atoms with Crippen LogP contribution >= 0.6 is 12.2 Å². The summed E-state index contributed by atoms with van der Waals surface area (Å²) in [6, 6.07) is 9.80. The molecule has 0 heterocycles. The van der Waals surface area contributed by atoms with Gasteiger partial charge in [-0.15, -0.1) is 0 Å². The molecule has 0 saturated heterocycles. The smallest absolute Gasteiger partial charge is 0.415 e. The van der Waals surface area contributed by atoms with E-state index in [1.54, 1.807) is 0 Å². The third-order valence-corrected chi connectivity index (χ3v) is 2.62. The van der Waals surface area contributed by atoms with Gasteiger partial charge in [0.2, 0.25) is 0 Å². The van der Waals surface area contributed by atoms with E-state index >= 15 is 0 Å². The summed E-state index contributed by atoms with van der Waals surface area (Å²) in [5.41, 5.74) is 7.62. The molecule has 0 unspecified atom stereocenters. The van der Waals surface area contributed by atoms with Crippen LogP contribution in [0.2, 0.25) is 0 Å². The summed E-state index contributed by atoms with van der Waals surface area (Å²) in [4.78, 5) is 0. The van der Waals surface area contributed by atoms with Crippen molar-refractivity contribution in [3.8, 4) is 0 Å². The maximum Gasteiger partial charge on any atom is 2.00 e. The number of aryl methyl sites for hydroxylation is 2. The zero-order valence-corrected chi connectivity index (χ0v) is 16.7. The number of nitrogens with two attached hydrogens (primary N) is 1. The average molecular weight is 347 g/mol. The minimum Gasteiger partial charge on any atom is -0.415 e. The van der Waals surface area contributed by atoms with Gasteiger partial charge in [0.05, 0.1) is 0 Å². The second-order valence-electron chi connectivity index (χ2n) is 4.20. The quantitative estimate of drug-likeness (QED) is 0.365. The van der Waals surface area contributed by atoms with Gasteiger partial charge in [-0.05, 0) is 0 Å². The molecule has 0 fully saturated rings. The molecule has 1 nitrogen and oxygen atoms in total. The Balaban J connectivity index is 0.